The van der Waals surface area contributed by atoms with Crippen LogP contribution in [0, 0.1) is 0 Å². The second-order valence-corrected chi connectivity index (χ2v) is 6.12. The zero-order valence-corrected chi connectivity index (χ0v) is 13.8. The summed E-state index contributed by atoms with van der Waals surface area (Å²) in [6, 6.07) is 8.44. The summed E-state index contributed by atoms with van der Waals surface area (Å²) < 4.78 is 1.85. The highest BCUT2D eigenvalue weighted by Gasteiger charge is 2.22. The van der Waals surface area contributed by atoms with Gasteiger partial charge in [-0.2, -0.15) is 5.10 Å². The molecular formula is C18H24N4O. The van der Waals surface area contributed by atoms with Gasteiger partial charge in [0, 0.05) is 32.0 Å². The van der Waals surface area contributed by atoms with Crippen LogP contribution < -0.4 is 10.2 Å². The lowest BCUT2D eigenvalue weighted by Gasteiger charge is -2.22. The number of benzene rings is 1. The van der Waals surface area contributed by atoms with E-state index in [1.54, 1.807) is 6.20 Å². The van der Waals surface area contributed by atoms with Gasteiger partial charge < -0.3 is 10.2 Å². The Kier molecular flexibility index (Phi) is 4.65. The first-order valence-electron chi connectivity index (χ1n) is 8.28. The predicted octanol–water partition coefficient (Wildman–Crippen LogP) is 2.53. The summed E-state index contributed by atoms with van der Waals surface area (Å²) in [6.07, 6.45) is 6.14. The molecule has 0 bridgehead atoms. The molecule has 1 amide bonds. The highest BCUT2D eigenvalue weighted by molar-refractivity contribution is 5.79. The number of rotatable bonds is 4. The molecule has 5 heteroatoms. The van der Waals surface area contributed by atoms with Crippen molar-refractivity contribution in [3.05, 3.63) is 47.8 Å². The monoisotopic (exact) mass is 312 g/mol. The Hall–Kier alpha value is -2.30. The SMILES string of the molecule is CCn1cc(CC(=O)NC2CCCN(C)c3ccccc32)cn1. The number of nitrogens with zero attached hydrogens (tertiary/aromatic N) is 3. The minimum atomic E-state index is 0.0602. The number of aryl methyl sites for hydroxylation is 1. The fraction of sp³-hybridized carbons (Fsp3) is 0.444. The Labute approximate surface area is 137 Å². The summed E-state index contributed by atoms with van der Waals surface area (Å²) in [7, 11) is 2.11. The third-order valence-electron chi connectivity index (χ3n) is 4.42. The van der Waals surface area contributed by atoms with Crippen molar-refractivity contribution in [2.45, 2.75) is 38.8 Å². The van der Waals surface area contributed by atoms with Crippen molar-refractivity contribution in [3.63, 3.8) is 0 Å². The van der Waals surface area contributed by atoms with Gasteiger partial charge in [0.1, 0.15) is 0 Å². The molecule has 0 spiro atoms. The molecule has 1 aliphatic rings. The molecule has 122 valence electrons. The summed E-state index contributed by atoms with van der Waals surface area (Å²) in [5.74, 6) is 0.0602. The number of aromatic nitrogens is 2. The van der Waals surface area contributed by atoms with Crippen LogP contribution in [-0.4, -0.2) is 29.3 Å². The lowest BCUT2D eigenvalue weighted by Crippen LogP contribution is -2.29. The van der Waals surface area contributed by atoms with Crippen LogP contribution in [0.4, 0.5) is 5.69 Å². The molecule has 1 N–H and O–H groups in total. The van der Waals surface area contributed by atoms with Crippen LogP contribution in [0.15, 0.2) is 36.7 Å². The van der Waals surface area contributed by atoms with Crippen LogP contribution in [0.1, 0.15) is 36.9 Å². The maximum Gasteiger partial charge on any atom is 0.225 e. The van der Waals surface area contributed by atoms with E-state index in [0.717, 1.165) is 31.5 Å². The second kappa shape index (κ2) is 6.86. The fourth-order valence-corrected chi connectivity index (χ4v) is 3.19. The third kappa shape index (κ3) is 3.55. The number of para-hydroxylation sites is 1. The summed E-state index contributed by atoms with van der Waals surface area (Å²) in [4.78, 5) is 14.7. The zero-order valence-electron chi connectivity index (χ0n) is 13.8. The third-order valence-corrected chi connectivity index (χ3v) is 4.42. The maximum absolute atomic E-state index is 12.4. The molecular weight excluding hydrogens is 288 g/mol. The number of amides is 1. The average molecular weight is 312 g/mol. The van der Waals surface area contributed by atoms with Gasteiger partial charge >= 0.3 is 0 Å². The van der Waals surface area contributed by atoms with Crippen LogP contribution in [0.25, 0.3) is 0 Å². The number of hydrogen-bond acceptors (Lipinski definition) is 3. The lowest BCUT2D eigenvalue weighted by atomic mass is 10.0. The Bertz CT molecular complexity index is 679. The molecule has 1 aromatic carbocycles. The van der Waals surface area contributed by atoms with Gasteiger partial charge in [-0.3, -0.25) is 9.48 Å². The molecule has 1 atom stereocenters. The zero-order chi connectivity index (χ0) is 16.2. The normalized spacial score (nSPS) is 17.5. The fourth-order valence-electron chi connectivity index (χ4n) is 3.19. The number of carbonyl (C=O) groups is 1. The van der Waals surface area contributed by atoms with Crippen LogP contribution in [0.3, 0.4) is 0 Å². The summed E-state index contributed by atoms with van der Waals surface area (Å²) >= 11 is 0. The van der Waals surface area contributed by atoms with Crippen molar-refractivity contribution in [2.24, 2.45) is 0 Å². The van der Waals surface area contributed by atoms with Gasteiger partial charge in [0.15, 0.2) is 0 Å². The van der Waals surface area contributed by atoms with E-state index in [9.17, 15) is 4.79 Å². The van der Waals surface area contributed by atoms with Gasteiger partial charge in [-0.25, -0.2) is 0 Å². The minimum Gasteiger partial charge on any atom is -0.374 e. The van der Waals surface area contributed by atoms with E-state index < -0.39 is 0 Å². The van der Waals surface area contributed by atoms with Gasteiger partial charge in [0.2, 0.25) is 5.91 Å². The molecule has 1 unspecified atom stereocenters. The highest BCUT2D eigenvalue weighted by atomic mass is 16.1. The number of nitrogens with one attached hydrogen (secondary N) is 1. The molecule has 2 heterocycles. The van der Waals surface area contributed by atoms with E-state index in [-0.39, 0.29) is 11.9 Å². The minimum absolute atomic E-state index is 0.0602. The smallest absolute Gasteiger partial charge is 0.225 e. The molecule has 5 nitrogen and oxygen atoms in total. The number of fused-ring (bicyclic) bond motifs is 1. The molecule has 0 saturated heterocycles. The number of carbonyl (C=O) groups excluding carboxylic acids is 1. The first kappa shape index (κ1) is 15.6. The first-order chi connectivity index (χ1) is 11.2. The Morgan fingerprint density at radius 1 is 1.39 bits per heavy atom. The molecule has 2 aromatic rings. The van der Waals surface area contributed by atoms with Crippen molar-refractivity contribution in [1.29, 1.82) is 0 Å². The standard InChI is InChI=1S/C18H24N4O/c1-3-22-13-14(12-19-22)11-18(23)20-16-8-6-10-21(2)17-9-5-4-7-15(16)17/h4-5,7,9,12-13,16H,3,6,8,10-11H2,1-2H3,(H,20,23). The highest BCUT2D eigenvalue weighted by Crippen LogP contribution is 2.31. The van der Waals surface area contributed by atoms with Crippen molar-refractivity contribution >= 4 is 11.6 Å². The molecule has 0 saturated carbocycles. The molecule has 0 fully saturated rings. The van der Waals surface area contributed by atoms with Gasteiger partial charge in [0.25, 0.3) is 0 Å². The first-order valence-corrected chi connectivity index (χ1v) is 8.28. The predicted molar refractivity (Wildman–Crippen MR) is 91.4 cm³/mol. The number of hydrogen-bond donors (Lipinski definition) is 1. The van der Waals surface area contributed by atoms with Crippen molar-refractivity contribution in [3.8, 4) is 0 Å². The number of anilines is 1. The van der Waals surface area contributed by atoms with Gasteiger partial charge in [-0.05, 0) is 37.0 Å². The largest absolute Gasteiger partial charge is 0.374 e. The van der Waals surface area contributed by atoms with Crippen LogP contribution in [0.2, 0.25) is 0 Å². The molecule has 23 heavy (non-hydrogen) atoms. The van der Waals surface area contributed by atoms with Crippen LogP contribution in [0.5, 0.6) is 0 Å². The Balaban J connectivity index is 1.71. The quantitative estimate of drug-likeness (QED) is 0.944. The lowest BCUT2D eigenvalue weighted by molar-refractivity contribution is -0.121. The molecule has 1 aromatic heterocycles. The summed E-state index contributed by atoms with van der Waals surface area (Å²) in [5.41, 5.74) is 3.39. The molecule has 1 aliphatic heterocycles. The Morgan fingerprint density at radius 3 is 3.00 bits per heavy atom. The topological polar surface area (TPSA) is 50.2 Å². The van der Waals surface area contributed by atoms with E-state index >= 15 is 0 Å². The van der Waals surface area contributed by atoms with Crippen LogP contribution in [-0.2, 0) is 17.8 Å². The van der Waals surface area contributed by atoms with E-state index in [2.05, 4.69) is 40.6 Å². The molecule has 3 rings (SSSR count). The van der Waals surface area contributed by atoms with Crippen molar-refractivity contribution in [1.82, 2.24) is 15.1 Å². The maximum atomic E-state index is 12.4. The second-order valence-electron chi connectivity index (χ2n) is 6.12. The van der Waals surface area contributed by atoms with E-state index in [4.69, 9.17) is 0 Å². The van der Waals surface area contributed by atoms with Crippen molar-refractivity contribution < 1.29 is 4.79 Å². The van der Waals surface area contributed by atoms with E-state index in [1.165, 1.54) is 11.3 Å². The molecule has 0 radical (unpaired) electrons. The van der Waals surface area contributed by atoms with Crippen molar-refractivity contribution in [2.75, 3.05) is 18.5 Å². The summed E-state index contributed by atoms with van der Waals surface area (Å²) in [6.45, 7) is 3.88. The van der Waals surface area contributed by atoms with E-state index in [0.29, 0.717) is 6.42 Å². The Morgan fingerprint density at radius 2 is 2.22 bits per heavy atom. The molecule has 0 aliphatic carbocycles. The summed E-state index contributed by atoms with van der Waals surface area (Å²) in [5, 5.41) is 7.43. The van der Waals surface area contributed by atoms with Crippen LogP contribution >= 0.6 is 0 Å². The van der Waals surface area contributed by atoms with Gasteiger partial charge in [0.05, 0.1) is 18.7 Å². The van der Waals surface area contributed by atoms with E-state index in [1.807, 2.05) is 23.9 Å². The van der Waals surface area contributed by atoms with Gasteiger partial charge in [-0.15, -0.1) is 0 Å². The van der Waals surface area contributed by atoms with Gasteiger partial charge in [-0.1, -0.05) is 18.2 Å². The average Bonchev–Trinajstić information content (AvgIpc) is 2.95.